The Kier molecular flexibility index (Phi) is 6.13. The van der Waals surface area contributed by atoms with E-state index in [1.165, 1.54) is 6.42 Å². The predicted molar refractivity (Wildman–Crippen MR) is 77.1 cm³/mol. The molecule has 1 fully saturated rings. The number of likely N-dealkylation sites (tertiary alicyclic amines) is 1. The molecule has 0 spiro atoms. The van der Waals surface area contributed by atoms with E-state index in [1.807, 2.05) is 37.4 Å². The van der Waals surface area contributed by atoms with Crippen LogP contribution in [0.15, 0.2) is 0 Å². The van der Waals surface area contributed by atoms with Crippen LogP contribution in [0.5, 0.6) is 0 Å². The summed E-state index contributed by atoms with van der Waals surface area (Å²) in [7, 11) is 0. The summed E-state index contributed by atoms with van der Waals surface area (Å²) in [5.41, 5.74) is -0.396. The van der Waals surface area contributed by atoms with Gasteiger partial charge in [0, 0.05) is 29.4 Å². The molecule has 0 aromatic rings. The molecule has 3 nitrogen and oxygen atoms in total. The second-order valence-electron chi connectivity index (χ2n) is 5.25. The number of hydrogen-bond donors (Lipinski definition) is 0. The van der Waals surface area contributed by atoms with Gasteiger partial charge in [-0.25, -0.2) is 4.79 Å². The van der Waals surface area contributed by atoms with E-state index in [4.69, 9.17) is 4.74 Å². The average molecular weight is 324 g/mol. The minimum atomic E-state index is -0.396. The van der Waals surface area contributed by atoms with Crippen molar-refractivity contribution in [1.82, 2.24) is 4.90 Å². The summed E-state index contributed by atoms with van der Waals surface area (Å²) in [6, 6.07) is 0. The van der Waals surface area contributed by atoms with E-state index in [1.54, 1.807) is 0 Å². The van der Waals surface area contributed by atoms with Crippen LogP contribution in [-0.4, -0.2) is 46.0 Å². The quantitative estimate of drug-likeness (QED) is 0.744. The van der Waals surface area contributed by atoms with Crippen LogP contribution in [0.4, 0.5) is 4.79 Å². The molecule has 0 bridgehead atoms. The molecule has 5 heteroatoms. The van der Waals surface area contributed by atoms with Crippen LogP contribution >= 0.6 is 27.7 Å². The van der Waals surface area contributed by atoms with Crippen molar-refractivity contribution in [3.05, 3.63) is 0 Å². The van der Waals surface area contributed by atoms with Gasteiger partial charge in [-0.1, -0.05) is 15.9 Å². The van der Waals surface area contributed by atoms with E-state index >= 15 is 0 Å². The lowest BCUT2D eigenvalue weighted by molar-refractivity contribution is 0.0220. The highest BCUT2D eigenvalue weighted by Gasteiger charge is 2.27. The van der Waals surface area contributed by atoms with Crippen LogP contribution in [0.1, 0.15) is 33.6 Å². The van der Waals surface area contributed by atoms with Gasteiger partial charge in [-0.05, 0) is 33.6 Å². The van der Waals surface area contributed by atoms with Crippen LogP contribution in [0.2, 0.25) is 0 Å². The van der Waals surface area contributed by atoms with E-state index < -0.39 is 5.60 Å². The van der Waals surface area contributed by atoms with Crippen LogP contribution in [-0.2, 0) is 4.74 Å². The van der Waals surface area contributed by atoms with Gasteiger partial charge in [0.2, 0.25) is 0 Å². The number of thioether (sulfide) groups is 1. The lowest BCUT2D eigenvalue weighted by atomic mass is 10.1. The molecule has 0 aromatic heterocycles. The molecule has 1 saturated heterocycles. The molecule has 100 valence electrons. The molecular formula is C12H22BrNO2S. The van der Waals surface area contributed by atoms with Crippen LogP contribution < -0.4 is 0 Å². The summed E-state index contributed by atoms with van der Waals surface area (Å²) in [5.74, 6) is 1.10. The fourth-order valence-corrected chi connectivity index (χ4v) is 3.38. The molecule has 0 N–H and O–H groups in total. The fraction of sp³-hybridized carbons (Fsp3) is 0.917. The van der Waals surface area contributed by atoms with Gasteiger partial charge in [0.25, 0.3) is 0 Å². The Labute approximate surface area is 117 Å². The van der Waals surface area contributed by atoms with Gasteiger partial charge >= 0.3 is 6.09 Å². The number of carbonyl (C=O) groups excluding carboxylic acids is 1. The number of nitrogens with zero attached hydrogens (tertiary/aromatic N) is 1. The minimum absolute atomic E-state index is 0.165. The Morgan fingerprint density at radius 1 is 1.53 bits per heavy atom. The summed E-state index contributed by atoms with van der Waals surface area (Å²) in [6.07, 6.45) is 2.12. The first-order valence-corrected chi connectivity index (χ1v) is 8.25. The van der Waals surface area contributed by atoms with Gasteiger partial charge in [0.05, 0.1) is 0 Å². The zero-order valence-electron chi connectivity index (χ0n) is 10.9. The van der Waals surface area contributed by atoms with Crippen LogP contribution in [0, 0.1) is 0 Å². The van der Waals surface area contributed by atoms with Crippen molar-refractivity contribution in [2.24, 2.45) is 0 Å². The molecule has 1 amide bonds. The maximum Gasteiger partial charge on any atom is 0.410 e. The number of alkyl halides is 1. The molecule has 0 radical (unpaired) electrons. The number of rotatable bonds is 3. The highest BCUT2D eigenvalue weighted by Crippen LogP contribution is 2.24. The van der Waals surface area contributed by atoms with E-state index in [2.05, 4.69) is 15.9 Å². The minimum Gasteiger partial charge on any atom is -0.444 e. The third kappa shape index (κ3) is 6.00. The lowest BCUT2D eigenvalue weighted by Crippen LogP contribution is -2.43. The molecule has 17 heavy (non-hydrogen) atoms. The van der Waals surface area contributed by atoms with E-state index in [9.17, 15) is 4.79 Å². The Morgan fingerprint density at radius 3 is 2.82 bits per heavy atom. The fourth-order valence-electron chi connectivity index (χ4n) is 1.78. The Hall–Kier alpha value is 0.100. The first-order valence-electron chi connectivity index (χ1n) is 6.08. The zero-order valence-corrected chi connectivity index (χ0v) is 13.3. The number of ether oxygens (including phenoxy) is 1. The van der Waals surface area contributed by atoms with E-state index in [0.717, 1.165) is 30.6 Å². The van der Waals surface area contributed by atoms with Crippen molar-refractivity contribution in [3.8, 4) is 0 Å². The third-order valence-electron chi connectivity index (χ3n) is 2.46. The molecule has 1 aliphatic heterocycles. The van der Waals surface area contributed by atoms with Crippen molar-refractivity contribution < 1.29 is 9.53 Å². The van der Waals surface area contributed by atoms with Gasteiger partial charge in [-0.15, -0.1) is 0 Å². The molecule has 0 aliphatic carbocycles. The van der Waals surface area contributed by atoms with Crippen molar-refractivity contribution >= 4 is 33.8 Å². The van der Waals surface area contributed by atoms with Gasteiger partial charge < -0.3 is 9.64 Å². The average Bonchev–Trinajstić information content (AvgIpc) is 2.24. The molecular weight excluding hydrogens is 302 g/mol. The number of carbonyl (C=O) groups is 1. The molecule has 1 aliphatic rings. The first-order chi connectivity index (χ1) is 7.92. The second-order valence-corrected chi connectivity index (χ2v) is 7.45. The maximum absolute atomic E-state index is 11.9. The van der Waals surface area contributed by atoms with Gasteiger partial charge in [0.1, 0.15) is 5.60 Å². The largest absolute Gasteiger partial charge is 0.444 e. The van der Waals surface area contributed by atoms with E-state index in [0.29, 0.717) is 5.25 Å². The van der Waals surface area contributed by atoms with Crippen LogP contribution in [0.3, 0.4) is 0 Å². The summed E-state index contributed by atoms with van der Waals surface area (Å²) in [6.45, 7) is 7.39. The molecule has 1 atom stereocenters. The number of piperidine rings is 1. The number of hydrogen-bond acceptors (Lipinski definition) is 3. The zero-order chi connectivity index (χ0) is 12.9. The molecule has 0 saturated carbocycles. The molecule has 1 unspecified atom stereocenters. The summed E-state index contributed by atoms with van der Waals surface area (Å²) in [5, 5.41) is 1.58. The predicted octanol–water partition coefficient (Wildman–Crippen LogP) is 3.51. The Bertz CT molecular complexity index is 255. The normalized spacial score (nSPS) is 21.4. The summed E-state index contributed by atoms with van der Waals surface area (Å²) in [4.78, 5) is 13.8. The summed E-state index contributed by atoms with van der Waals surface area (Å²) < 4.78 is 5.40. The van der Waals surface area contributed by atoms with Crippen molar-refractivity contribution in [2.75, 3.05) is 24.2 Å². The highest BCUT2D eigenvalue weighted by molar-refractivity contribution is 9.09. The smallest absolute Gasteiger partial charge is 0.410 e. The second kappa shape index (κ2) is 6.88. The van der Waals surface area contributed by atoms with Crippen molar-refractivity contribution in [2.45, 2.75) is 44.5 Å². The first kappa shape index (κ1) is 15.2. The maximum atomic E-state index is 11.9. The standard InChI is InChI=1S/C12H22BrNO2S/c1-12(2,3)16-11(15)14-7-4-5-10(9-14)17-8-6-13/h10H,4-9H2,1-3H3. The number of amides is 1. The van der Waals surface area contributed by atoms with Crippen molar-refractivity contribution in [1.29, 1.82) is 0 Å². The Balaban J connectivity index is 2.40. The molecule has 0 aromatic carbocycles. The lowest BCUT2D eigenvalue weighted by Gasteiger charge is -2.33. The SMILES string of the molecule is CC(C)(C)OC(=O)N1CCCC(SCCBr)C1. The van der Waals surface area contributed by atoms with Crippen LogP contribution in [0.25, 0.3) is 0 Å². The topological polar surface area (TPSA) is 29.5 Å². The molecule has 1 rings (SSSR count). The van der Waals surface area contributed by atoms with E-state index in [-0.39, 0.29) is 6.09 Å². The van der Waals surface area contributed by atoms with Gasteiger partial charge in [-0.3, -0.25) is 0 Å². The summed E-state index contributed by atoms with van der Waals surface area (Å²) >= 11 is 5.37. The Morgan fingerprint density at radius 2 is 2.24 bits per heavy atom. The van der Waals surface area contributed by atoms with Crippen molar-refractivity contribution in [3.63, 3.8) is 0 Å². The van der Waals surface area contributed by atoms with Gasteiger partial charge in [-0.2, -0.15) is 11.8 Å². The monoisotopic (exact) mass is 323 g/mol. The highest BCUT2D eigenvalue weighted by atomic mass is 79.9. The van der Waals surface area contributed by atoms with Gasteiger partial charge in [0.15, 0.2) is 0 Å². The molecule has 1 heterocycles. The number of halogens is 1. The third-order valence-corrected chi connectivity index (χ3v) is 4.68.